The summed E-state index contributed by atoms with van der Waals surface area (Å²) in [5.74, 6) is -1.21. The molecule has 1 aromatic rings. The number of aromatic nitrogens is 1. The smallest absolute Gasteiger partial charge is 0.343 e. The van der Waals surface area contributed by atoms with Crippen LogP contribution in [-0.2, 0) is 9.53 Å². The maximum Gasteiger partial charge on any atom is 0.343 e. The molecule has 126 valence electrons. The third kappa shape index (κ3) is 4.20. The molecule has 8 heteroatoms. The van der Waals surface area contributed by atoms with Crippen LogP contribution in [0.2, 0.25) is 0 Å². The highest BCUT2D eigenvalue weighted by Crippen LogP contribution is 2.25. The van der Waals surface area contributed by atoms with Gasteiger partial charge in [0.15, 0.2) is 6.10 Å². The molecule has 1 amide bonds. The van der Waals surface area contributed by atoms with Crippen molar-refractivity contribution in [2.24, 2.45) is 5.92 Å². The number of hydrogen-bond donors (Lipinski definition) is 2. The molecule has 0 aromatic carbocycles. The number of rotatable bonds is 6. The highest BCUT2D eigenvalue weighted by molar-refractivity contribution is 7.10. The zero-order valence-corrected chi connectivity index (χ0v) is 15.0. The lowest BCUT2D eigenvalue weighted by Crippen LogP contribution is -2.52. The second-order valence-corrected chi connectivity index (χ2v) is 6.50. The Bertz CT molecular complexity index is 635. The minimum absolute atomic E-state index is 0.0847. The van der Waals surface area contributed by atoms with Crippen molar-refractivity contribution in [2.45, 2.75) is 46.3 Å². The van der Waals surface area contributed by atoms with E-state index in [1.807, 2.05) is 13.8 Å². The SMILES string of the molecule is CNc1snc(C)c1C(=O)OC(C)C(=O)NC(C)(C#N)C(C)C. The van der Waals surface area contributed by atoms with Crippen LogP contribution in [0.3, 0.4) is 0 Å². The zero-order chi connectivity index (χ0) is 17.8. The summed E-state index contributed by atoms with van der Waals surface area (Å²) in [6, 6.07) is 2.08. The van der Waals surface area contributed by atoms with Crippen molar-refractivity contribution in [3.05, 3.63) is 11.3 Å². The Balaban J connectivity index is 2.81. The van der Waals surface area contributed by atoms with Gasteiger partial charge in [-0.3, -0.25) is 4.79 Å². The van der Waals surface area contributed by atoms with E-state index in [1.165, 1.54) is 6.92 Å². The molecule has 2 unspecified atom stereocenters. The van der Waals surface area contributed by atoms with Crippen LogP contribution in [0.25, 0.3) is 0 Å². The first-order chi connectivity index (χ1) is 10.7. The number of carbonyl (C=O) groups is 2. The van der Waals surface area contributed by atoms with E-state index in [2.05, 4.69) is 21.1 Å². The number of hydrogen-bond acceptors (Lipinski definition) is 7. The van der Waals surface area contributed by atoms with Gasteiger partial charge in [0.25, 0.3) is 5.91 Å². The highest BCUT2D eigenvalue weighted by Gasteiger charge is 2.33. The summed E-state index contributed by atoms with van der Waals surface area (Å²) in [7, 11) is 1.68. The van der Waals surface area contributed by atoms with Crippen LogP contribution >= 0.6 is 11.5 Å². The number of nitrogens with zero attached hydrogens (tertiary/aromatic N) is 2. The van der Waals surface area contributed by atoms with Crippen molar-refractivity contribution >= 4 is 28.4 Å². The van der Waals surface area contributed by atoms with Crippen molar-refractivity contribution < 1.29 is 14.3 Å². The second kappa shape index (κ2) is 7.42. The number of amides is 1. The van der Waals surface area contributed by atoms with E-state index in [0.29, 0.717) is 16.3 Å². The average molecular weight is 338 g/mol. The zero-order valence-electron chi connectivity index (χ0n) is 14.2. The van der Waals surface area contributed by atoms with Gasteiger partial charge in [-0.25, -0.2) is 4.79 Å². The van der Waals surface area contributed by atoms with E-state index in [0.717, 1.165) is 11.5 Å². The topological polar surface area (TPSA) is 104 Å². The summed E-state index contributed by atoms with van der Waals surface area (Å²) in [4.78, 5) is 24.4. The summed E-state index contributed by atoms with van der Waals surface area (Å²) in [6.45, 7) is 8.47. The summed E-state index contributed by atoms with van der Waals surface area (Å²) in [6.07, 6.45) is -1.02. The number of esters is 1. The van der Waals surface area contributed by atoms with Gasteiger partial charge in [-0.2, -0.15) is 9.64 Å². The number of anilines is 1. The molecule has 2 N–H and O–H groups in total. The van der Waals surface area contributed by atoms with Crippen molar-refractivity contribution in [1.82, 2.24) is 9.69 Å². The Hall–Kier alpha value is -2.14. The summed E-state index contributed by atoms with van der Waals surface area (Å²) < 4.78 is 9.31. The van der Waals surface area contributed by atoms with Gasteiger partial charge < -0.3 is 15.4 Å². The fourth-order valence-electron chi connectivity index (χ4n) is 1.71. The third-order valence-electron chi connectivity index (χ3n) is 3.72. The van der Waals surface area contributed by atoms with Crippen LogP contribution in [0, 0.1) is 24.2 Å². The average Bonchev–Trinajstić information content (AvgIpc) is 2.87. The Morgan fingerprint density at radius 2 is 2.00 bits per heavy atom. The molecule has 7 nitrogen and oxygen atoms in total. The van der Waals surface area contributed by atoms with Gasteiger partial charge in [0.1, 0.15) is 16.1 Å². The maximum atomic E-state index is 12.2. The number of ether oxygens (including phenoxy) is 1. The second-order valence-electron chi connectivity index (χ2n) is 5.73. The molecule has 0 saturated carbocycles. The molecule has 0 radical (unpaired) electrons. The predicted octanol–water partition coefficient (Wildman–Crippen LogP) is 2.09. The summed E-state index contributed by atoms with van der Waals surface area (Å²) >= 11 is 1.15. The molecule has 1 heterocycles. The number of carbonyl (C=O) groups excluding carboxylic acids is 2. The standard InChI is InChI=1S/C15H22N4O3S/c1-8(2)15(5,7-16)18-12(20)10(4)22-14(21)11-9(3)19-23-13(11)17-6/h8,10,17H,1-6H3,(H,18,20). The molecule has 0 aliphatic heterocycles. The van der Waals surface area contributed by atoms with Crippen LogP contribution in [0.15, 0.2) is 0 Å². The molecule has 0 saturated heterocycles. The Kier molecular flexibility index (Phi) is 6.10. The van der Waals surface area contributed by atoms with Crippen LogP contribution in [-0.4, -0.2) is 34.9 Å². The minimum Gasteiger partial charge on any atom is -0.449 e. The van der Waals surface area contributed by atoms with Gasteiger partial charge in [-0.15, -0.1) is 0 Å². The van der Waals surface area contributed by atoms with Crippen molar-refractivity contribution in [1.29, 1.82) is 5.26 Å². The van der Waals surface area contributed by atoms with E-state index in [1.54, 1.807) is 20.9 Å². The minimum atomic E-state index is -1.02. The third-order valence-corrected chi connectivity index (χ3v) is 4.67. The van der Waals surface area contributed by atoms with Gasteiger partial charge in [0, 0.05) is 7.05 Å². The van der Waals surface area contributed by atoms with Crippen LogP contribution in [0.5, 0.6) is 0 Å². The fraction of sp³-hybridized carbons (Fsp3) is 0.600. The maximum absolute atomic E-state index is 12.2. The molecule has 0 bridgehead atoms. The molecule has 23 heavy (non-hydrogen) atoms. The highest BCUT2D eigenvalue weighted by atomic mass is 32.1. The van der Waals surface area contributed by atoms with Gasteiger partial charge in [-0.05, 0) is 38.2 Å². The molecule has 2 atom stereocenters. The normalized spacial score (nSPS) is 14.5. The van der Waals surface area contributed by atoms with E-state index < -0.39 is 23.5 Å². The molecular formula is C15H22N4O3S. The molecule has 0 aliphatic carbocycles. The van der Waals surface area contributed by atoms with E-state index in [4.69, 9.17) is 4.74 Å². The van der Waals surface area contributed by atoms with Crippen LogP contribution < -0.4 is 10.6 Å². The lowest BCUT2D eigenvalue weighted by molar-refractivity contribution is -0.130. The molecule has 0 fully saturated rings. The van der Waals surface area contributed by atoms with E-state index >= 15 is 0 Å². The first-order valence-corrected chi connectivity index (χ1v) is 8.01. The lowest BCUT2D eigenvalue weighted by Gasteiger charge is -2.28. The fourth-order valence-corrected chi connectivity index (χ4v) is 2.45. The predicted molar refractivity (Wildman–Crippen MR) is 88.3 cm³/mol. The number of nitrogens with one attached hydrogen (secondary N) is 2. The van der Waals surface area contributed by atoms with Gasteiger partial charge >= 0.3 is 5.97 Å². The van der Waals surface area contributed by atoms with Crippen molar-refractivity contribution in [3.63, 3.8) is 0 Å². The lowest BCUT2D eigenvalue weighted by atomic mass is 9.90. The monoisotopic (exact) mass is 338 g/mol. The van der Waals surface area contributed by atoms with Crippen LogP contribution in [0.1, 0.15) is 43.7 Å². The van der Waals surface area contributed by atoms with Gasteiger partial charge in [0.2, 0.25) is 0 Å². The molecule has 1 aromatic heterocycles. The molecule has 0 spiro atoms. The first-order valence-electron chi connectivity index (χ1n) is 7.24. The number of nitriles is 1. The summed E-state index contributed by atoms with van der Waals surface area (Å²) in [5, 5.41) is 15.3. The Labute approximate surface area is 140 Å². The van der Waals surface area contributed by atoms with Gasteiger partial charge in [-0.1, -0.05) is 13.8 Å². The van der Waals surface area contributed by atoms with E-state index in [9.17, 15) is 14.9 Å². The van der Waals surface area contributed by atoms with Crippen molar-refractivity contribution in [2.75, 3.05) is 12.4 Å². The molecule has 1 rings (SSSR count). The largest absolute Gasteiger partial charge is 0.449 e. The molecular weight excluding hydrogens is 316 g/mol. The first kappa shape index (κ1) is 18.9. The number of aryl methyl sites for hydroxylation is 1. The van der Waals surface area contributed by atoms with Gasteiger partial charge in [0.05, 0.1) is 11.8 Å². The Morgan fingerprint density at radius 1 is 1.39 bits per heavy atom. The quantitative estimate of drug-likeness (QED) is 0.770. The summed E-state index contributed by atoms with van der Waals surface area (Å²) in [5.41, 5.74) is -0.154. The Morgan fingerprint density at radius 3 is 2.48 bits per heavy atom. The molecule has 0 aliphatic rings. The van der Waals surface area contributed by atoms with Crippen LogP contribution in [0.4, 0.5) is 5.00 Å². The van der Waals surface area contributed by atoms with E-state index in [-0.39, 0.29) is 5.92 Å². The van der Waals surface area contributed by atoms with Crippen molar-refractivity contribution in [3.8, 4) is 6.07 Å².